The second-order valence-electron chi connectivity index (χ2n) is 3.96. The third kappa shape index (κ3) is 5.75. The average Bonchev–Trinajstić information content (AvgIpc) is 2.39. The van der Waals surface area contributed by atoms with Crippen LogP contribution in [0.25, 0.3) is 0 Å². The Balaban J connectivity index is 2.51. The number of rotatable bonds is 7. The molecule has 3 N–H and O–H groups in total. The first-order chi connectivity index (χ1) is 9.52. The topological polar surface area (TPSA) is 95.5 Å². The van der Waals surface area contributed by atoms with E-state index in [1.165, 1.54) is 11.8 Å². The van der Waals surface area contributed by atoms with Crippen molar-refractivity contribution in [2.24, 2.45) is 0 Å². The summed E-state index contributed by atoms with van der Waals surface area (Å²) in [6, 6.07) is 6.41. The summed E-state index contributed by atoms with van der Waals surface area (Å²) in [6.07, 6.45) is 1.72. The number of thioether (sulfide) groups is 1. The number of hydrogen-bond donors (Lipinski definition) is 3. The van der Waals surface area contributed by atoms with E-state index in [0.717, 1.165) is 0 Å². The van der Waals surface area contributed by atoms with Crippen molar-refractivity contribution in [2.45, 2.75) is 6.42 Å². The Kier molecular flexibility index (Phi) is 6.58. The number of hydrogen-bond acceptors (Lipinski definition) is 4. The Morgan fingerprint density at radius 2 is 1.85 bits per heavy atom. The fourth-order valence-corrected chi connectivity index (χ4v) is 1.75. The van der Waals surface area contributed by atoms with Gasteiger partial charge in [-0.25, -0.2) is 0 Å². The van der Waals surface area contributed by atoms with E-state index < -0.39 is 5.97 Å². The zero-order chi connectivity index (χ0) is 15.0. The molecule has 1 aromatic rings. The van der Waals surface area contributed by atoms with Crippen molar-refractivity contribution in [2.75, 3.05) is 23.9 Å². The van der Waals surface area contributed by atoms with Crippen molar-refractivity contribution >= 4 is 35.2 Å². The van der Waals surface area contributed by atoms with E-state index in [1.807, 2.05) is 6.26 Å². The molecule has 1 aromatic carbocycles. The van der Waals surface area contributed by atoms with Gasteiger partial charge in [0.15, 0.2) is 0 Å². The molecule has 0 aromatic heterocycles. The first-order valence-corrected chi connectivity index (χ1v) is 7.31. The maximum atomic E-state index is 11.7. The first-order valence-electron chi connectivity index (χ1n) is 5.91. The number of amides is 2. The average molecular weight is 296 g/mol. The summed E-state index contributed by atoms with van der Waals surface area (Å²) < 4.78 is 0. The first kappa shape index (κ1) is 16.0. The third-order valence-electron chi connectivity index (χ3n) is 2.33. The Labute approximate surface area is 120 Å². The smallest absolute Gasteiger partial charge is 0.305 e. The molecule has 0 atom stereocenters. The molecule has 0 aliphatic heterocycles. The van der Waals surface area contributed by atoms with Gasteiger partial charge in [0.25, 0.3) is 5.91 Å². The van der Waals surface area contributed by atoms with Crippen LogP contribution < -0.4 is 10.6 Å². The predicted molar refractivity (Wildman–Crippen MR) is 78.0 cm³/mol. The van der Waals surface area contributed by atoms with E-state index in [1.54, 1.807) is 24.3 Å². The molecule has 0 heterocycles. The lowest BCUT2D eigenvalue weighted by Crippen LogP contribution is -2.25. The minimum atomic E-state index is -0.961. The van der Waals surface area contributed by atoms with Crippen LogP contribution in [0.3, 0.4) is 0 Å². The summed E-state index contributed by atoms with van der Waals surface area (Å²) in [5.74, 6) is -1.03. The number of carbonyl (C=O) groups is 3. The van der Waals surface area contributed by atoms with E-state index in [4.69, 9.17) is 5.11 Å². The molecule has 0 aliphatic rings. The fraction of sp³-hybridized carbons (Fsp3) is 0.308. The molecular weight excluding hydrogens is 280 g/mol. The highest BCUT2D eigenvalue weighted by Gasteiger charge is 2.07. The van der Waals surface area contributed by atoms with Gasteiger partial charge in [-0.1, -0.05) is 0 Å². The highest BCUT2D eigenvalue weighted by molar-refractivity contribution is 7.99. The van der Waals surface area contributed by atoms with Crippen LogP contribution in [-0.4, -0.2) is 41.4 Å². The molecule has 6 nitrogen and oxygen atoms in total. The van der Waals surface area contributed by atoms with E-state index in [0.29, 0.717) is 17.0 Å². The highest BCUT2D eigenvalue weighted by Crippen LogP contribution is 2.10. The third-order valence-corrected chi connectivity index (χ3v) is 2.88. The van der Waals surface area contributed by atoms with Gasteiger partial charge in [0.05, 0.1) is 12.2 Å². The normalized spacial score (nSPS) is 9.85. The molecule has 0 bridgehead atoms. The standard InChI is InChI=1S/C13H16N2O4S/c1-20-8-11(16)15-10-4-2-9(3-5-10)13(19)14-7-6-12(17)18/h2-5H,6-8H2,1H3,(H,14,19)(H,15,16)(H,17,18). The molecule has 0 radical (unpaired) electrons. The van der Waals surface area contributed by atoms with Crippen LogP contribution in [0.4, 0.5) is 5.69 Å². The number of benzene rings is 1. The molecule has 108 valence electrons. The largest absolute Gasteiger partial charge is 0.481 e. The van der Waals surface area contributed by atoms with Crippen LogP contribution in [0, 0.1) is 0 Å². The summed E-state index contributed by atoms with van der Waals surface area (Å²) >= 11 is 1.42. The summed E-state index contributed by atoms with van der Waals surface area (Å²) in [5, 5.41) is 13.7. The van der Waals surface area contributed by atoms with Crippen LogP contribution in [0.2, 0.25) is 0 Å². The summed E-state index contributed by atoms with van der Waals surface area (Å²) in [6.45, 7) is 0.0837. The van der Waals surface area contributed by atoms with Gasteiger partial charge in [-0.15, -0.1) is 0 Å². The summed E-state index contributed by atoms with van der Waals surface area (Å²) in [5.41, 5.74) is 1.03. The number of carboxylic acid groups (broad SMARTS) is 1. The number of carboxylic acids is 1. The minimum Gasteiger partial charge on any atom is -0.481 e. The summed E-state index contributed by atoms with van der Waals surface area (Å²) in [7, 11) is 0. The van der Waals surface area contributed by atoms with Crippen molar-refractivity contribution in [3.05, 3.63) is 29.8 Å². The molecule has 20 heavy (non-hydrogen) atoms. The van der Waals surface area contributed by atoms with Crippen LogP contribution >= 0.6 is 11.8 Å². The molecule has 0 saturated heterocycles. The molecule has 0 aliphatic carbocycles. The predicted octanol–water partition coefficient (Wildman–Crippen LogP) is 1.19. The van der Waals surface area contributed by atoms with Crippen LogP contribution in [-0.2, 0) is 9.59 Å². The van der Waals surface area contributed by atoms with Gasteiger partial charge in [0, 0.05) is 17.8 Å². The monoisotopic (exact) mass is 296 g/mol. The van der Waals surface area contributed by atoms with Crippen LogP contribution in [0.15, 0.2) is 24.3 Å². The molecular formula is C13H16N2O4S. The Hall–Kier alpha value is -2.02. The summed E-state index contributed by atoms with van der Waals surface area (Å²) in [4.78, 5) is 33.4. The molecule has 1 rings (SSSR count). The number of nitrogens with one attached hydrogen (secondary N) is 2. The van der Waals surface area contributed by atoms with E-state index in [9.17, 15) is 14.4 Å². The maximum absolute atomic E-state index is 11.7. The van der Waals surface area contributed by atoms with Gasteiger partial charge in [-0.2, -0.15) is 11.8 Å². The van der Waals surface area contributed by atoms with Crippen LogP contribution in [0.5, 0.6) is 0 Å². The van der Waals surface area contributed by atoms with Gasteiger partial charge in [-0.3, -0.25) is 14.4 Å². The zero-order valence-electron chi connectivity index (χ0n) is 11.0. The highest BCUT2D eigenvalue weighted by atomic mass is 32.2. The molecule has 0 saturated carbocycles. The number of carbonyl (C=O) groups excluding carboxylic acids is 2. The molecule has 0 unspecified atom stereocenters. The zero-order valence-corrected chi connectivity index (χ0v) is 11.8. The van der Waals surface area contributed by atoms with Gasteiger partial charge < -0.3 is 15.7 Å². The quantitative estimate of drug-likeness (QED) is 0.702. The molecule has 0 fully saturated rings. The number of anilines is 1. The maximum Gasteiger partial charge on any atom is 0.305 e. The Bertz CT molecular complexity index is 488. The Morgan fingerprint density at radius 3 is 2.40 bits per heavy atom. The lowest BCUT2D eigenvalue weighted by Gasteiger charge is -2.06. The van der Waals surface area contributed by atoms with E-state index in [-0.39, 0.29) is 24.8 Å². The van der Waals surface area contributed by atoms with Crippen molar-refractivity contribution in [1.82, 2.24) is 5.32 Å². The van der Waals surface area contributed by atoms with E-state index >= 15 is 0 Å². The van der Waals surface area contributed by atoms with Crippen molar-refractivity contribution in [3.63, 3.8) is 0 Å². The fourth-order valence-electron chi connectivity index (χ4n) is 1.42. The lowest BCUT2D eigenvalue weighted by molar-refractivity contribution is -0.136. The molecule has 2 amide bonds. The molecule has 7 heteroatoms. The van der Waals surface area contributed by atoms with Crippen molar-refractivity contribution < 1.29 is 19.5 Å². The molecule has 0 spiro atoms. The van der Waals surface area contributed by atoms with Crippen molar-refractivity contribution in [1.29, 1.82) is 0 Å². The van der Waals surface area contributed by atoms with Crippen LogP contribution in [0.1, 0.15) is 16.8 Å². The second-order valence-corrected chi connectivity index (χ2v) is 4.82. The number of aliphatic carboxylic acids is 1. The second kappa shape index (κ2) is 8.21. The van der Waals surface area contributed by atoms with E-state index in [2.05, 4.69) is 10.6 Å². The Morgan fingerprint density at radius 1 is 1.20 bits per heavy atom. The van der Waals surface area contributed by atoms with Gasteiger partial charge in [0.2, 0.25) is 5.91 Å². The SMILES string of the molecule is CSCC(=O)Nc1ccc(C(=O)NCCC(=O)O)cc1. The minimum absolute atomic E-state index is 0.0837. The van der Waals surface area contributed by atoms with Gasteiger partial charge in [0.1, 0.15) is 0 Å². The van der Waals surface area contributed by atoms with Gasteiger partial charge >= 0.3 is 5.97 Å². The van der Waals surface area contributed by atoms with Crippen molar-refractivity contribution in [3.8, 4) is 0 Å². The lowest BCUT2D eigenvalue weighted by atomic mass is 10.2. The van der Waals surface area contributed by atoms with Gasteiger partial charge in [-0.05, 0) is 30.5 Å².